The average molecular weight is 399 g/mol. The van der Waals surface area contributed by atoms with Crippen LogP contribution in [-0.4, -0.2) is 18.0 Å². The van der Waals surface area contributed by atoms with Crippen LogP contribution in [0.1, 0.15) is 33.2 Å². The summed E-state index contributed by atoms with van der Waals surface area (Å²) in [5.74, 6) is 0.103. The Morgan fingerprint density at radius 2 is 2.09 bits per heavy atom. The van der Waals surface area contributed by atoms with E-state index in [1.54, 1.807) is 17.5 Å². The first kappa shape index (κ1) is 21.8. The molecule has 23 heavy (non-hydrogen) atoms. The highest BCUT2D eigenvalue weighted by Gasteiger charge is 2.18. The summed E-state index contributed by atoms with van der Waals surface area (Å²) < 4.78 is 5.18. The number of carbonyl (C=O) groups excluding carboxylic acids is 1. The van der Waals surface area contributed by atoms with Gasteiger partial charge in [-0.2, -0.15) is 0 Å². The van der Waals surface area contributed by atoms with Crippen molar-refractivity contribution < 1.29 is 9.53 Å². The van der Waals surface area contributed by atoms with Crippen LogP contribution in [0.2, 0.25) is 5.02 Å². The van der Waals surface area contributed by atoms with Crippen molar-refractivity contribution in [3.05, 3.63) is 38.8 Å². The van der Waals surface area contributed by atoms with Crippen molar-refractivity contribution >= 4 is 59.3 Å². The van der Waals surface area contributed by atoms with E-state index in [9.17, 15) is 4.79 Å². The van der Waals surface area contributed by atoms with Crippen LogP contribution >= 0.6 is 47.8 Å². The molecular formula is C14H18Cl3N3O2S. The summed E-state index contributed by atoms with van der Waals surface area (Å²) in [6.07, 6.45) is 1.78. The number of anilines is 1. The quantitative estimate of drug-likeness (QED) is 0.762. The molecule has 1 aromatic carbocycles. The van der Waals surface area contributed by atoms with Gasteiger partial charge in [-0.1, -0.05) is 11.6 Å². The third-order valence-corrected chi connectivity index (χ3v) is 4.34. The Hall–Kier alpha value is -1.21. The predicted octanol–water partition coefficient (Wildman–Crippen LogP) is 4.03. The van der Waals surface area contributed by atoms with Gasteiger partial charge in [0.15, 0.2) is 0 Å². The number of ether oxygens (including phenoxy) is 1. The van der Waals surface area contributed by atoms with E-state index >= 15 is 0 Å². The van der Waals surface area contributed by atoms with Gasteiger partial charge < -0.3 is 15.8 Å². The highest BCUT2D eigenvalue weighted by atomic mass is 35.5. The second-order valence-electron chi connectivity index (χ2n) is 4.58. The normalized spacial score (nSPS) is 11.0. The number of benzene rings is 1. The number of aryl methyl sites for hydroxylation is 1. The summed E-state index contributed by atoms with van der Waals surface area (Å²) in [5.41, 5.74) is 6.42. The second-order valence-corrected chi connectivity index (χ2v) is 6.25. The summed E-state index contributed by atoms with van der Waals surface area (Å²) in [4.78, 5) is 17.7. The number of aromatic nitrogens is 1. The first-order chi connectivity index (χ1) is 9.92. The van der Waals surface area contributed by atoms with E-state index in [1.165, 1.54) is 19.2 Å². The van der Waals surface area contributed by atoms with Gasteiger partial charge in [0.2, 0.25) is 0 Å². The summed E-state index contributed by atoms with van der Waals surface area (Å²) >= 11 is 7.52. The standard InChI is InChI=1S/C14H16ClN3O2S.2ClH/c1-7-6-17-14(21-7)8(2)18-13(19)9-4-10(15)11(16)5-12(9)20-3;;/h4-6,8H,16H2,1-3H3,(H,18,19);2*1H. The molecule has 1 atom stereocenters. The number of nitrogens with two attached hydrogens (primary N) is 1. The molecule has 3 N–H and O–H groups in total. The van der Waals surface area contributed by atoms with Crippen LogP contribution < -0.4 is 15.8 Å². The number of nitrogens with one attached hydrogen (secondary N) is 1. The highest BCUT2D eigenvalue weighted by molar-refractivity contribution is 7.11. The number of nitrogens with zero attached hydrogens (tertiary/aromatic N) is 1. The van der Waals surface area contributed by atoms with Crippen LogP contribution in [0.5, 0.6) is 5.75 Å². The van der Waals surface area contributed by atoms with Crippen molar-refractivity contribution in [3.63, 3.8) is 0 Å². The van der Waals surface area contributed by atoms with Crippen molar-refractivity contribution in [3.8, 4) is 5.75 Å². The lowest BCUT2D eigenvalue weighted by Gasteiger charge is -2.14. The molecule has 2 aromatic rings. The molecule has 0 radical (unpaired) electrons. The van der Waals surface area contributed by atoms with Gasteiger partial charge in [0.25, 0.3) is 5.91 Å². The Balaban J connectivity index is 0.00000242. The molecule has 0 aliphatic heterocycles. The third kappa shape index (κ3) is 5.14. The zero-order valence-electron chi connectivity index (χ0n) is 12.8. The van der Waals surface area contributed by atoms with Crippen LogP contribution in [0.25, 0.3) is 0 Å². The van der Waals surface area contributed by atoms with E-state index in [2.05, 4.69) is 10.3 Å². The minimum atomic E-state index is -0.283. The van der Waals surface area contributed by atoms with Crippen LogP contribution in [0, 0.1) is 6.92 Å². The highest BCUT2D eigenvalue weighted by Crippen LogP contribution is 2.29. The molecule has 0 aliphatic rings. The van der Waals surface area contributed by atoms with E-state index in [0.717, 1.165) is 9.88 Å². The maximum Gasteiger partial charge on any atom is 0.255 e. The van der Waals surface area contributed by atoms with Crippen molar-refractivity contribution in [2.75, 3.05) is 12.8 Å². The molecule has 128 valence electrons. The van der Waals surface area contributed by atoms with Gasteiger partial charge in [-0.05, 0) is 19.9 Å². The second kappa shape index (κ2) is 9.17. The van der Waals surface area contributed by atoms with E-state index in [-0.39, 0.29) is 36.8 Å². The Morgan fingerprint density at radius 3 is 2.61 bits per heavy atom. The van der Waals surface area contributed by atoms with Crippen molar-refractivity contribution in [1.29, 1.82) is 0 Å². The zero-order valence-corrected chi connectivity index (χ0v) is 16.0. The molecule has 1 heterocycles. The van der Waals surface area contributed by atoms with Gasteiger partial charge in [0, 0.05) is 17.1 Å². The molecule has 2 rings (SSSR count). The number of methoxy groups -OCH3 is 1. The Kier molecular flexibility index (Phi) is 8.69. The predicted molar refractivity (Wildman–Crippen MR) is 99.6 cm³/mol. The van der Waals surface area contributed by atoms with Gasteiger partial charge in [-0.25, -0.2) is 4.98 Å². The Labute approximate surface area is 156 Å². The minimum Gasteiger partial charge on any atom is -0.496 e. The van der Waals surface area contributed by atoms with Gasteiger partial charge in [0.1, 0.15) is 10.8 Å². The lowest BCUT2D eigenvalue weighted by molar-refractivity contribution is 0.0937. The van der Waals surface area contributed by atoms with Crippen LogP contribution in [-0.2, 0) is 0 Å². The number of nitrogen functional groups attached to an aromatic ring is 1. The number of thiazole rings is 1. The summed E-state index contributed by atoms with van der Waals surface area (Å²) in [6, 6.07) is 2.84. The molecule has 0 aliphatic carbocycles. The van der Waals surface area contributed by atoms with Gasteiger partial charge in [0.05, 0.1) is 29.4 Å². The topological polar surface area (TPSA) is 77.2 Å². The first-order valence-electron chi connectivity index (χ1n) is 6.28. The molecule has 0 saturated heterocycles. The summed E-state index contributed by atoms with van der Waals surface area (Å²) in [7, 11) is 1.48. The summed E-state index contributed by atoms with van der Waals surface area (Å²) in [6.45, 7) is 3.85. The lowest BCUT2D eigenvalue weighted by atomic mass is 10.1. The molecule has 9 heteroatoms. The van der Waals surface area contributed by atoms with E-state index < -0.39 is 0 Å². The molecular weight excluding hydrogens is 381 g/mol. The molecule has 0 saturated carbocycles. The number of hydrogen-bond acceptors (Lipinski definition) is 5. The van der Waals surface area contributed by atoms with Gasteiger partial charge in [-0.15, -0.1) is 36.2 Å². The third-order valence-electron chi connectivity index (χ3n) is 2.92. The van der Waals surface area contributed by atoms with E-state index in [0.29, 0.717) is 22.0 Å². The van der Waals surface area contributed by atoms with Crippen LogP contribution in [0.15, 0.2) is 18.3 Å². The van der Waals surface area contributed by atoms with Gasteiger partial charge >= 0.3 is 0 Å². The Bertz CT molecular complexity index is 679. The molecule has 0 spiro atoms. The van der Waals surface area contributed by atoms with Crippen LogP contribution in [0.3, 0.4) is 0 Å². The van der Waals surface area contributed by atoms with Crippen LogP contribution in [0.4, 0.5) is 5.69 Å². The molecule has 5 nitrogen and oxygen atoms in total. The van der Waals surface area contributed by atoms with Crippen molar-refractivity contribution in [2.24, 2.45) is 0 Å². The number of rotatable bonds is 4. The summed E-state index contributed by atoms with van der Waals surface area (Å²) in [5, 5.41) is 4.04. The van der Waals surface area contributed by atoms with Crippen molar-refractivity contribution in [2.45, 2.75) is 19.9 Å². The Morgan fingerprint density at radius 1 is 1.43 bits per heavy atom. The zero-order chi connectivity index (χ0) is 15.6. The number of carbonyl (C=O) groups is 1. The molecule has 1 aromatic heterocycles. The molecule has 1 amide bonds. The number of amides is 1. The lowest BCUT2D eigenvalue weighted by Crippen LogP contribution is -2.27. The molecule has 1 unspecified atom stereocenters. The maximum absolute atomic E-state index is 12.4. The molecule has 0 fully saturated rings. The first-order valence-corrected chi connectivity index (χ1v) is 7.48. The van der Waals surface area contributed by atoms with Gasteiger partial charge in [-0.3, -0.25) is 4.79 Å². The smallest absolute Gasteiger partial charge is 0.255 e. The fourth-order valence-corrected chi connectivity index (χ4v) is 2.76. The van der Waals surface area contributed by atoms with Crippen molar-refractivity contribution in [1.82, 2.24) is 10.3 Å². The van der Waals surface area contributed by atoms with E-state index in [1.807, 2.05) is 13.8 Å². The maximum atomic E-state index is 12.4. The SMILES string of the molecule is COc1cc(N)c(Cl)cc1C(=O)NC(C)c1ncc(C)s1.Cl.Cl. The molecule has 0 bridgehead atoms. The fraction of sp³-hybridized carbons (Fsp3) is 0.286. The average Bonchev–Trinajstić information content (AvgIpc) is 2.88. The number of halogens is 3. The fourth-order valence-electron chi connectivity index (χ4n) is 1.82. The largest absolute Gasteiger partial charge is 0.496 e. The van der Waals surface area contributed by atoms with E-state index in [4.69, 9.17) is 22.1 Å². The monoisotopic (exact) mass is 397 g/mol. The minimum absolute atomic E-state index is 0. The number of hydrogen-bond donors (Lipinski definition) is 2.